The van der Waals surface area contributed by atoms with Crippen LogP contribution in [-0.4, -0.2) is 24.0 Å². The summed E-state index contributed by atoms with van der Waals surface area (Å²) in [5.41, 5.74) is 1.29. The highest BCUT2D eigenvalue weighted by Crippen LogP contribution is 2.07. The molecule has 0 radical (unpaired) electrons. The molecule has 0 aliphatic rings. The van der Waals surface area contributed by atoms with Crippen LogP contribution < -0.4 is 10.6 Å². The molecular weight excluding hydrogens is 190 g/mol. The van der Waals surface area contributed by atoms with Crippen molar-refractivity contribution in [2.24, 2.45) is 0 Å². The van der Waals surface area contributed by atoms with E-state index in [-0.39, 0.29) is 5.91 Å². The van der Waals surface area contributed by atoms with Gasteiger partial charge in [-0.05, 0) is 19.1 Å². The van der Waals surface area contributed by atoms with Crippen LogP contribution in [0.15, 0.2) is 31.0 Å². The van der Waals surface area contributed by atoms with Crippen LogP contribution in [0, 0.1) is 0 Å². The minimum absolute atomic E-state index is 0.153. The average Bonchev–Trinajstić information content (AvgIpc) is 2.27. The van der Waals surface area contributed by atoms with Crippen LogP contribution in [-0.2, 0) is 0 Å². The standard InChI is InChI=1S/C11H15N3O/c1-3-6-13-9-5-7-14-10(8-9)11(15)12-4-2/h3,5,7-8H,1,4,6H2,2H3,(H,12,15)(H,13,14). The molecule has 0 aliphatic carbocycles. The Kier molecular flexibility index (Phi) is 4.34. The Labute approximate surface area is 89.4 Å². The van der Waals surface area contributed by atoms with Gasteiger partial charge in [-0.15, -0.1) is 6.58 Å². The topological polar surface area (TPSA) is 54.0 Å². The molecule has 0 saturated carbocycles. The molecule has 1 aromatic heterocycles. The molecule has 4 heteroatoms. The predicted molar refractivity (Wildman–Crippen MR) is 60.9 cm³/mol. The molecule has 0 bridgehead atoms. The SMILES string of the molecule is C=CCNc1ccnc(C(=O)NCC)c1. The van der Waals surface area contributed by atoms with Crippen LogP contribution in [0.3, 0.4) is 0 Å². The van der Waals surface area contributed by atoms with Crippen LogP contribution in [0.2, 0.25) is 0 Å². The van der Waals surface area contributed by atoms with Crippen LogP contribution in [0.25, 0.3) is 0 Å². The van der Waals surface area contributed by atoms with Crippen molar-refractivity contribution in [3.8, 4) is 0 Å². The van der Waals surface area contributed by atoms with Gasteiger partial charge in [0.05, 0.1) is 0 Å². The van der Waals surface area contributed by atoms with E-state index >= 15 is 0 Å². The third-order valence-electron chi connectivity index (χ3n) is 1.78. The molecule has 0 saturated heterocycles. The molecule has 0 fully saturated rings. The van der Waals surface area contributed by atoms with Gasteiger partial charge in [-0.2, -0.15) is 0 Å². The molecule has 1 heterocycles. The van der Waals surface area contributed by atoms with Gasteiger partial charge in [-0.25, -0.2) is 0 Å². The molecule has 0 unspecified atom stereocenters. The number of pyridine rings is 1. The third-order valence-corrected chi connectivity index (χ3v) is 1.78. The van der Waals surface area contributed by atoms with E-state index in [1.807, 2.05) is 13.0 Å². The van der Waals surface area contributed by atoms with Gasteiger partial charge in [0.1, 0.15) is 5.69 Å². The number of nitrogens with zero attached hydrogens (tertiary/aromatic N) is 1. The maximum absolute atomic E-state index is 11.4. The zero-order valence-electron chi connectivity index (χ0n) is 8.79. The highest BCUT2D eigenvalue weighted by molar-refractivity contribution is 5.93. The van der Waals surface area contributed by atoms with E-state index in [0.717, 1.165) is 5.69 Å². The number of rotatable bonds is 5. The van der Waals surface area contributed by atoms with Crippen molar-refractivity contribution in [2.75, 3.05) is 18.4 Å². The smallest absolute Gasteiger partial charge is 0.269 e. The van der Waals surface area contributed by atoms with Crippen LogP contribution in [0.4, 0.5) is 5.69 Å². The van der Waals surface area contributed by atoms with Gasteiger partial charge in [0, 0.05) is 25.0 Å². The van der Waals surface area contributed by atoms with E-state index in [9.17, 15) is 4.79 Å². The number of carbonyl (C=O) groups excluding carboxylic acids is 1. The van der Waals surface area contributed by atoms with Gasteiger partial charge in [-0.3, -0.25) is 9.78 Å². The molecule has 0 spiro atoms. The fraction of sp³-hybridized carbons (Fsp3) is 0.273. The summed E-state index contributed by atoms with van der Waals surface area (Å²) < 4.78 is 0. The Bertz CT molecular complexity index is 349. The number of nitrogens with one attached hydrogen (secondary N) is 2. The van der Waals surface area contributed by atoms with Crippen molar-refractivity contribution in [3.05, 3.63) is 36.7 Å². The largest absolute Gasteiger partial charge is 0.381 e. The Morgan fingerprint density at radius 3 is 3.13 bits per heavy atom. The Morgan fingerprint density at radius 2 is 2.47 bits per heavy atom. The van der Waals surface area contributed by atoms with Crippen LogP contribution >= 0.6 is 0 Å². The zero-order valence-corrected chi connectivity index (χ0v) is 8.79. The highest BCUT2D eigenvalue weighted by atomic mass is 16.1. The molecule has 2 N–H and O–H groups in total. The van der Waals surface area contributed by atoms with Gasteiger partial charge >= 0.3 is 0 Å². The fourth-order valence-corrected chi connectivity index (χ4v) is 1.11. The zero-order chi connectivity index (χ0) is 11.1. The molecule has 15 heavy (non-hydrogen) atoms. The second-order valence-electron chi connectivity index (χ2n) is 2.96. The number of aromatic nitrogens is 1. The summed E-state index contributed by atoms with van der Waals surface area (Å²) in [4.78, 5) is 15.4. The number of hydrogen-bond acceptors (Lipinski definition) is 3. The normalized spacial score (nSPS) is 9.40. The fourth-order valence-electron chi connectivity index (χ4n) is 1.11. The lowest BCUT2D eigenvalue weighted by Gasteiger charge is -2.05. The maximum atomic E-state index is 11.4. The summed E-state index contributed by atoms with van der Waals surface area (Å²) in [5.74, 6) is -0.153. The number of hydrogen-bond donors (Lipinski definition) is 2. The Balaban J connectivity index is 2.73. The molecule has 0 atom stereocenters. The third kappa shape index (κ3) is 3.42. The lowest BCUT2D eigenvalue weighted by atomic mass is 10.3. The van der Waals surface area contributed by atoms with E-state index in [0.29, 0.717) is 18.8 Å². The van der Waals surface area contributed by atoms with Crippen molar-refractivity contribution in [1.29, 1.82) is 0 Å². The van der Waals surface area contributed by atoms with Crippen LogP contribution in [0.5, 0.6) is 0 Å². The lowest BCUT2D eigenvalue weighted by molar-refractivity contribution is 0.0951. The van der Waals surface area contributed by atoms with Crippen molar-refractivity contribution in [3.63, 3.8) is 0 Å². The van der Waals surface area contributed by atoms with E-state index < -0.39 is 0 Å². The average molecular weight is 205 g/mol. The molecule has 0 aromatic carbocycles. The van der Waals surface area contributed by atoms with Gasteiger partial charge in [0.2, 0.25) is 0 Å². The van der Waals surface area contributed by atoms with Gasteiger partial charge in [0.15, 0.2) is 0 Å². The van der Waals surface area contributed by atoms with Gasteiger partial charge in [-0.1, -0.05) is 6.08 Å². The number of amides is 1. The van der Waals surface area contributed by atoms with Crippen LogP contribution in [0.1, 0.15) is 17.4 Å². The summed E-state index contributed by atoms with van der Waals surface area (Å²) in [6, 6.07) is 3.53. The summed E-state index contributed by atoms with van der Waals surface area (Å²) in [7, 11) is 0. The van der Waals surface area contributed by atoms with E-state index in [4.69, 9.17) is 0 Å². The molecular formula is C11H15N3O. The summed E-state index contributed by atoms with van der Waals surface area (Å²) in [5, 5.41) is 5.79. The van der Waals surface area contributed by atoms with E-state index in [1.165, 1.54) is 0 Å². The van der Waals surface area contributed by atoms with Crippen molar-refractivity contribution < 1.29 is 4.79 Å². The quantitative estimate of drug-likeness (QED) is 0.715. The summed E-state index contributed by atoms with van der Waals surface area (Å²) >= 11 is 0. The van der Waals surface area contributed by atoms with Gasteiger partial charge < -0.3 is 10.6 Å². The van der Waals surface area contributed by atoms with Crippen molar-refractivity contribution in [2.45, 2.75) is 6.92 Å². The second-order valence-corrected chi connectivity index (χ2v) is 2.96. The maximum Gasteiger partial charge on any atom is 0.269 e. The first kappa shape index (κ1) is 11.2. The molecule has 4 nitrogen and oxygen atoms in total. The molecule has 1 rings (SSSR count). The second kappa shape index (κ2) is 5.80. The van der Waals surface area contributed by atoms with Crippen molar-refractivity contribution in [1.82, 2.24) is 10.3 Å². The number of anilines is 1. The number of carbonyl (C=O) groups is 1. The first-order valence-electron chi connectivity index (χ1n) is 4.87. The summed E-state index contributed by atoms with van der Waals surface area (Å²) in [6.07, 6.45) is 3.36. The molecule has 1 amide bonds. The molecule has 0 aliphatic heterocycles. The highest BCUT2D eigenvalue weighted by Gasteiger charge is 2.05. The monoisotopic (exact) mass is 205 g/mol. The Hall–Kier alpha value is -1.84. The minimum atomic E-state index is -0.153. The first-order chi connectivity index (χ1) is 7.27. The van der Waals surface area contributed by atoms with Crippen molar-refractivity contribution >= 4 is 11.6 Å². The minimum Gasteiger partial charge on any atom is -0.381 e. The van der Waals surface area contributed by atoms with Gasteiger partial charge in [0.25, 0.3) is 5.91 Å². The molecule has 80 valence electrons. The lowest BCUT2D eigenvalue weighted by Crippen LogP contribution is -2.23. The van der Waals surface area contributed by atoms with E-state index in [2.05, 4.69) is 22.2 Å². The first-order valence-corrected chi connectivity index (χ1v) is 4.87. The molecule has 1 aromatic rings. The van der Waals surface area contributed by atoms with E-state index in [1.54, 1.807) is 18.3 Å². The Morgan fingerprint density at radius 1 is 1.67 bits per heavy atom. The summed E-state index contributed by atoms with van der Waals surface area (Å²) in [6.45, 7) is 6.75. The predicted octanol–water partition coefficient (Wildman–Crippen LogP) is 1.43.